The van der Waals surface area contributed by atoms with Crippen molar-refractivity contribution >= 4 is 17.7 Å². The van der Waals surface area contributed by atoms with Crippen LogP contribution in [-0.4, -0.2) is 32.6 Å². The molecule has 7 heteroatoms. The van der Waals surface area contributed by atoms with Gasteiger partial charge in [0, 0.05) is 22.2 Å². The third-order valence-electron chi connectivity index (χ3n) is 7.67. The van der Waals surface area contributed by atoms with Gasteiger partial charge in [-0.25, -0.2) is 9.78 Å². The van der Waals surface area contributed by atoms with E-state index in [0.29, 0.717) is 12.5 Å². The van der Waals surface area contributed by atoms with E-state index >= 15 is 0 Å². The van der Waals surface area contributed by atoms with Crippen LogP contribution in [0.1, 0.15) is 62.3 Å². The number of carbonyl (C=O) groups is 1. The Hall–Kier alpha value is -2.99. The summed E-state index contributed by atoms with van der Waals surface area (Å²) in [6.07, 6.45) is 3.57. The lowest BCUT2D eigenvalue weighted by Gasteiger charge is -2.29. The number of carbonyl (C=O) groups excluding carboxylic acids is 1. The van der Waals surface area contributed by atoms with Gasteiger partial charge in [0.1, 0.15) is 23.8 Å². The third-order valence-corrected chi connectivity index (χ3v) is 7.90. The fourth-order valence-electron chi connectivity index (χ4n) is 6.02. The maximum Gasteiger partial charge on any atom is 0.411 e. The summed E-state index contributed by atoms with van der Waals surface area (Å²) < 4.78 is 11.9. The van der Waals surface area contributed by atoms with Gasteiger partial charge in [0.15, 0.2) is 0 Å². The number of piperidine rings is 1. The average Bonchev–Trinajstić information content (AvgIpc) is 3.25. The predicted octanol–water partition coefficient (Wildman–Crippen LogP) is 6.46. The van der Waals surface area contributed by atoms with Gasteiger partial charge in [-0.15, -0.1) is 0 Å². The number of H-pyrrole nitrogens is 1. The number of amides is 1. The number of likely N-dealkylation sites (tertiary alicyclic amines) is 1. The molecule has 1 N–H and O–H groups in total. The van der Waals surface area contributed by atoms with E-state index in [1.807, 2.05) is 37.8 Å². The largest absolute Gasteiger partial charge is 0.488 e. The number of aromatic amines is 1. The molecule has 0 spiro atoms. The number of nitrogens with one attached hydrogen (secondary N) is 1. The van der Waals surface area contributed by atoms with Crippen molar-refractivity contribution in [3.8, 4) is 28.1 Å². The van der Waals surface area contributed by atoms with Gasteiger partial charge in [0.05, 0.1) is 17.4 Å². The SMILES string of the molecule is CC(C)(C)OC(=O)N1C(c2nc3c([nH]2)-c2cc4c(cc2CC3)-c2ccc(Cl)cc2CO4)CC2CC21. The van der Waals surface area contributed by atoms with Crippen molar-refractivity contribution in [3.05, 3.63) is 58.0 Å². The predicted molar refractivity (Wildman–Crippen MR) is 134 cm³/mol. The number of ether oxygens (including phenoxy) is 2. The highest BCUT2D eigenvalue weighted by atomic mass is 35.5. The summed E-state index contributed by atoms with van der Waals surface area (Å²) in [5, 5.41) is 0.730. The van der Waals surface area contributed by atoms with E-state index in [1.54, 1.807) is 0 Å². The third kappa shape index (κ3) is 3.45. The standard InChI is InChI=1S/C28H28ClN3O3/c1-28(2,3)35-27(33)32-22-10-15(22)11-23(32)26-30-21-7-4-14-9-20-18-6-5-17(29)8-16(18)13-34-24(20)12-19(14)25(21)31-26/h5-6,8-9,12,15,22-23H,4,7,10-11,13H2,1-3H3,(H,30,31). The zero-order chi connectivity index (χ0) is 24.1. The van der Waals surface area contributed by atoms with Gasteiger partial charge in [-0.2, -0.15) is 0 Å². The number of hydrogen-bond acceptors (Lipinski definition) is 4. The van der Waals surface area contributed by atoms with E-state index in [1.165, 1.54) is 11.1 Å². The minimum Gasteiger partial charge on any atom is -0.488 e. The summed E-state index contributed by atoms with van der Waals surface area (Å²) in [4.78, 5) is 23.6. The summed E-state index contributed by atoms with van der Waals surface area (Å²) in [6.45, 7) is 6.26. The molecule has 0 radical (unpaired) electrons. The van der Waals surface area contributed by atoms with Gasteiger partial charge in [-0.1, -0.05) is 17.7 Å². The molecule has 2 aliphatic heterocycles. The molecule has 7 rings (SSSR count). The van der Waals surface area contributed by atoms with E-state index < -0.39 is 5.60 Å². The summed E-state index contributed by atoms with van der Waals surface area (Å²) in [5.41, 5.74) is 7.47. The average molecular weight is 490 g/mol. The molecular weight excluding hydrogens is 462 g/mol. The van der Waals surface area contributed by atoms with E-state index in [4.69, 9.17) is 26.1 Å². The van der Waals surface area contributed by atoms with Crippen molar-refractivity contribution in [1.29, 1.82) is 0 Å². The van der Waals surface area contributed by atoms with Crippen LogP contribution in [0.5, 0.6) is 5.75 Å². The van der Waals surface area contributed by atoms with Gasteiger partial charge in [0.25, 0.3) is 0 Å². The molecule has 2 fully saturated rings. The van der Waals surface area contributed by atoms with Crippen LogP contribution in [0.3, 0.4) is 0 Å². The number of nitrogens with zero attached hydrogens (tertiary/aromatic N) is 2. The second-order valence-corrected chi connectivity index (χ2v) is 11.7. The molecule has 2 aliphatic carbocycles. The number of rotatable bonds is 1. The Kier molecular flexibility index (Phi) is 4.42. The highest BCUT2D eigenvalue weighted by molar-refractivity contribution is 6.30. The summed E-state index contributed by atoms with van der Waals surface area (Å²) in [6, 6.07) is 10.6. The molecule has 3 aromatic rings. The van der Waals surface area contributed by atoms with Crippen LogP contribution < -0.4 is 4.74 Å². The lowest BCUT2D eigenvalue weighted by molar-refractivity contribution is 0.0175. The van der Waals surface area contributed by atoms with Crippen LogP contribution >= 0.6 is 11.6 Å². The van der Waals surface area contributed by atoms with E-state index in [0.717, 1.165) is 70.4 Å². The maximum atomic E-state index is 13.0. The van der Waals surface area contributed by atoms with Crippen molar-refractivity contribution in [2.75, 3.05) is 0 Å². The molecule has 35 heavy (non-hydrogen) atoms. The Labute approximate surface area is 209 Å². The van der Waals surface area contributed by atoms with Crippen LogP contribution in [0.2, 0.25) is 5.02 Å². The molecular formula is C28H28ClN3O3. The van der Waals surface area contributed by atoms with E-state index in [9.17, 15) is 4.79 Å². The normalized spacial score (nSPS) is 23.4. The topological polar surface area (TPSA) is 67.5 Å². The number of hydrogen-bond donors (Lipinski definition) is 1. The second-order valence-electron chi connectivity index (χ2n) is 11.2. The zero-order valence-electron chi connectivity index (χ0n) is 20.2. The van der Waals surface area contributed by atoms with Gasteiger partial charge in [-0.05, 0) is 93.3 Å². The number of aryl methyl sites for hydroxylation is 2. The maximum absolute atomic E-state index is 13.0. The number of fused-ring (bicyclic) bond motifs is 7. The van der Waals surface area contributed by atoms with Crippen molar-refractivity contribution in [2.45, 2.75) is 70.7 Å². The smallest absolute Gasteiger partial charge is 0.411 e. The molecule has 6 nitrogen and oxygen atoms in total. The molecule has 1 amide bonds. The number of benzene rings is 2. The molecule has 3 atom stereocenters. The first-order chi connectivity index (χ1) is 16.7. The summed E-state index contributed by atoms with van der Waals surface area (Å²) in [7, 11) is 0. The first-order valence-electron chi connectivity index (χ1n) is 12.4. The van der Waals surface area contributed by atoms with Crippen LogP contribution in [-0.2, 0) is 24.2 Å². The Bertz CT molecular complexity index is 1390. The van der Waals surface area contributed by atoms with Crippen molar-refractivity contribution < 1.29 is 14.3 Å². The minimum atomic E-state index is -0.515. The second kappa shape index (κ2) is 7.26. The Balaban J connectivity index is 1.24. The highest BCUT2D eigenvalue weighted by Crippen LogP contribution is 2.54. The quantitative estimate of drug-likeness (QED) is 0.426. The molecule has 4 aliphatic rings. The molecule has 180 valence electrons. The van der Waals surface area contributed by atoms with Crippen molar-refractivity contribution in [1.82, 2.24) is 14.9 Å². The van der Waals surface area contributed by atoms with Crippen LogP contribution in [0.15, 0.2) is 30.3 Å². The van der Waals surface area contributed by atoms with Crippen LogP contribution in [0.4, 0.5) is 4.79 Å². The highest BCUT2D eigenvalue weighted by Gasteiger charge is 2.56. The van der Waals surface area contributed by atoms with Gasteiger partial charge < -0.3 is 14.5 Å². The Morgan fingerprint density at radius 2 is 1.97 bits per heavy atom. The number of halogens is 1. The van der Waals surface area contributed by atoms with Gasteiger partial charge in [0.2, 0.25) is 0 Å². The molecule has 2 aromatic carbocycles. The molecule has 3 unspecified atom stereocenters. The van der Waals surface area contributed by atoms with Crippen LogP contribution in [0.25, 0.3) is 22.4 Å². The fourth-order valence-corrected chi connectivity index (χ4v) is 6.21. The lowest BCUT2D eigenvalue weighted by atomic mass is 9.87. The molecule has 3 heterocycles. The van der Waals surface area contributed by atoms with E-state index in [-0.39, 0.29) is 18.2 Å². The molecule has 1 saturated carbocycles. The van der Waals surface area contributed by atoms with Gasteiger partial charge in [-0.3, -0.25) is 4.90 Å². The van der Waals surface area contributed by atoms with Crippen molar-refractivity contribution in [2.24, 2.45) is 5.92 Å². The molecule has 1 saturated heterocycles. The molecule has 0 bridgehead atoms. The molecule has 1 aromatic heterocycles. The zero-order valence-corrected chi connectivity index (χ0v) is 20.9. The Morgan fingerprint density at radius 1 is 1.11 bits per heavy atom. The lowest BCUT2D eigenvalue weighted by Crippen LogP contribution is -2.38. The van der Waals surface area contributed by atoms with Crippen molar-refractivity contribution in [3.63, 3.8) is 0 Å². The van der Waals surface area contributed by atoms with Crippen LogP contribution in [0, 0.1) is 5.92 Å². The Morgan fingerprint density at radius 3 is 2.80 bits per heavy atom. The van der Waals surface area contributed by atoms with Gasteiger partial charge >= 0.3 is 6.09 Å². The first-order valence-corrected chi connectivity index (χ1v) is 12.8. The minimum absolute atomic E-state index is 0.0619. The number of aromatic nitrogens is 2. The summed E-state index contributed by atoms with van der Waals surface area (Å²) >= 11 is 6.21. The number of imidazole rings is 1. The first kappa shape index (κ1) is 21.3. The summed E-state index contributed by atoms with van der Waals surface area (Å²) in [5.74, 6) is 2.32. The van der Waals surface area contributed by atoms with E-state index in [2.05, 4.69) is 23.2 Å². The monoisotopic (exact) mass is 489 g/mol. The fraction of sp³-hybridized carbons (Fsp3) is 0.429.